The van der Waals surface area contributed by atoms with Gasteiger partial charge in [-0.15, -0.1) is 0 Å². The van der Waals surface area contributed by atoms with E-state index in [1.807, 2.05) is 11.0 Å². The van der Waals surface area contributed by atoms with Crippen LogP contribution >= 0.6 is 0 Å². The highest BCUT2D eigenvalue weighted by Crippen LogP contribution is 2.05. The molecule has 0 fully saturated rings. The van der Waals surface area contributed by atoms with E-state index in [9.17, 15) is 29.4 Å². The predicted octanol–water partition coefficient (Wildman–Crippen LogP) is -0.184. The molecule has 1 heterocycles. The molecular weight excluding hydrogens is 432 g/mol. The van der Waals surface area contributed by atoms with E-state index in [1.54, 1.807) is 34.1 Å². The molecule has 1 aromatic carbocycles. The third-order valence-electron chi connectivity index (χ3n) is 5.13. The highest BCUT2D eigenvalue weighted by molar-refractivity contribution is 5.97. The number of carbonyl (C=O) groups excluding carboxylic acids is 1. The van der Waals surface area contributed by atoms with E-state index in [0.717, 1.165) is 0 Å². The first-order chi connectivity index (χ1) is 15.7. The van der Waals surface area contributed by atoms with E-state index in [0.29, 0.717) is 38.3 Å². The number of carbonyl (C=O) groups is 4. The van der Waals surface area contributed by atoms with E-state index in [2.05, 4.69) is 0 Å². The van der Waals surface area contributed by atoms with Crippen molar-refractivity contribution in [2.75, 3.05) is 65.4 Å². The second kappa shape index (κ2) is 13.2. The summed E-state index contributed by atoms with van der Waals surface area (Å²) < 4.78 is 0. The molecule has 3 N–H and O–H groups in total. The van der Waals surface area contributed by atoms with Gasteiger partial charge in [-0.05, 0) is 0 Å². The quantitative estimate of drug-likeness (QED) is 0.421. The molecule has 11 heteroatoms. The zero-order valence-electron chi connectivity index (χ0n) is 18.4. The maximum atomic E-state index is 12.7. The molecule has 2 rings (SSSR count). The lowest BCUT2D eigenvalue weighted by Crippen LogP contribution is -2.45. The van der Waals surface area contributed by atoms with Gasteiger partial charge in [0.05, 0.1) is 13.1 Å². The van der Waals surface area contributed by atoms with Gasteiger partial charge in [-0.3, -0.25) is 29.0 Å². The number of hydrogen-bond acceptors (Lipinski definition) is 8. The first-order valence-corrected chi connectivity index (χ1v) is 10.6. The van der Waals surface area contributed by atoms with Crippen LogP contribution in [0.4, 0.5) is 0 Å². The molecule has 0 atom stereocenters. The standard InChI is InChI=1S/C22H30N4O7/c27-19(18-4-2-1-3-5-18)14-23-6-8-24(15-20(28)29)10-12-26(17-22(32)33)13-11-25(9-7-23)16-21(30)31/h1-5,10,12H,6-9,11,13-17H2,(H,28,29)(H,30,31)(H,32,33)/b12-10-. The van der Waals surface area contributed by atoms with Crippen LogP contribution in [-0.2, 0) is 14.4 Å². The van der Waals surface area contributed by atoms with Crippen molar-refractivity contribution in [3.8, 4) is 0 Å². The Labute approximate surface area is 192 Å². The summed E-state index contributed by atoms with van der Waals surface area (Å²) in [5.41, 5.74) is 0.567. The lowest BCUT2D eigenvalue weighted by Gasteiger charge is -2.31. The van der Waals surface area contributed by atoms with Crippen LogP contribution in [0.2, 0.25) is 0 Å². The first kappa shape index (κ1) is 25.8. The van der Waals surface area contributed by atoms with Crippen molar-refractivity contribution in [2.45, 2.75) is 0 Å². The summed E-state index contributed by atoms with van der Waals surface area (Å²) in [5.74, 6) is -3.16. The van der Waals surface area contributed by atoms with E-state index < -0.39 is 17.9 Å². The molecule has 11 nitrogen and oxygen atoms in total. The minimum Gasteiger partial charge on any atom is -0.480 e. The van der Waals surface area contributed by atoms with Gasteiger partial charge in [-0.25, -0.2) is 0 Å². The molecular formula is C22H30N4O7. The predicted molar refractivity (Wildman–Crippen MR) is 119 cm³/mol. The fraction of sp³-hybridized carbons (Fsp3) is 0.455. The van der Waals surface area contributed by atoms with Crippen molar-refractivity contribution < 1.29 is 34.5 Å². The van der Waals surface area contributed by atoms with Crippen LogP contribution in [-0.4, -0.2) is 124 Å². The average Bonchev–Trinajstić information content (AvgIpc) is 2.75. The first-order valence-electron chi connectivity index (χ1n) is 10.6. The molecule has 33 heavy (non-hydrogen) atoms. The number of carboxylic acid groups (broad SMARTS) is 3. The van der Waals surface area contributed by atoms with E-state index in [4.69, 9.17) is 5.11 Å². The number of carboxylic acids is 3. The van der Waals surface area contributed by atoms with Crippen LogP contribution in [0.25, 0.3) is 0 Å². The Balaban J connectivity index is 2.21. The SMILES string of the molecule is O=C(O)CN1/C=C\N(CC(=O)O)CCN(CC(=O)c2ccccc2)CCN(CC(=O)O)CC1. The monoisotopic (exact) mass is 462 g/mol. The molecule has 0 aromatic heterocycles. The average molecular weight is 463 g/mol. The van der Waals surface area contributed by atoms with Crippen LogP contribution in [0.3, 0.4) is 0 Å². The molecule has 1 aliphatic rings. The van der Waals surface area contributed by atoms with Gasteiger partial charge in [0.15, 0.2) is 5.78 Å². The number of ketones is 1. The van der Waals surface area contributed by atoms with Crippen LogP contribution < -0.4 is 0 Å². The topological polar surface area (TPSA) is 142 Å². The Morgan fingerprint density at radius 1 is 0.606 bits per heavy atom. The van der Waals surface area contributed by atoms with Crippen LogP contribution in [0, 0.1) is 0 Å². The molecule has 0 saturated heterocycles. The van der Waals surface area contributed by atoms with Crippen LogP contribution in [0.15, 0.2) is 42.7 Å². The largest absolute Gasteiger partial charge is 0.480 e. The minimum atomic E-state index is -1.05. The molecule has 0 bridgehead atoms. The fourth-order valence-corrected chi connectivity index (χ4v) is 3.42. The summed E-state index contributed by atoms with van der Waals surface area (Å²) in [7, 11) is 0. The third-order valence-corrected chi connectivity index (χ3v) is 5.13. The lowest BCUT2D eigenvalue weighted by atomic mass is 10.1. The van der Waals surface area contributed by atoms with Gasteiger partial charge in [-0.1, -0.05) is 30.3 Å². The smallest absolute Gasteiger partial charge is 0.323 e. The zero-order chi connectivity index (χ0) is 24.2. The molecule has 0 spiro atoms. The number of nitrogens with zero attached hydrogens (tertiary/aromatic N) is 4. The van der Waals surface area contributed by atoms with Gasteiger partial charge < -0.3 is 25.1 Å². The summed E-state index contributed by atoms with van der Waals surface area (Å²) in [4.78, 5) is 53.1. The van der Waals surface area contributed by atoms with Gasteiger partial charge in [0.1, 0.15) is 13.1 Å². The summed E-state index contributed by atoms with van der Waals surface area (Å²) in [6, 6.07) is 8.83. The maximum Gasteiger partial charge on any atom is 0.323 e. The van der Waals surface area contributed by atoms with Gasteiger partial charge in [0.25, 0.3) is 0 Å². The van der Waals surface area contributed by atoms with Crippen molar-refractivity contribution in [2.24, 2.45) is 0 Å². The normalized spacial score (nSPS) is 17.6. The van der Waals surface area contributed by atoms with Gasteiger partial charge in [0, 0.05) is 57.2 Å². The Morgan fingerprint density at radius 2 is 1.03 bits per heavy atom. The Kier molecular flexibility index (Phi) is 10.3. The number of rotatable bonds is 9. The van der Waals surface area contributed by atoms with Gasteiger partial charge >= 0.3 is 17.9 Å². The second-order valence-corrected chi connectivity index (χ2v) is 7.76. The van der Waals surface area contributed by atoms with Crippen molar-refractivity contribution in [3.05, 3.63) is 48.3 Å². The number of hydrogen-bond donors (Lipinski definition) is 3. The molecule has 0 amide bonds. The summed E-state index contributed by atoms with van der Waals surface area (Å²) in [6.45, 7) is 1.30. The maximum absolute atomic E-state index is 12.7. The van der Waals surface area contributed by atoms with E-state index in [-0.39, 0.29) is 38.5 Å². The van der Waals surface area contributed by atoms with Crippen molar-refractivity contribution >= 4 is 23.7 Å². The van der Waals surface area contributed by atoms with Gasteiger partial charge in [0.2, 0.25) is 0 Å². The fourth-order valence-electron chi connectivity index (χ4n) is 3.42. The van der Waals surface area contributed by atoms with E-state index in [1.165, 1.54) is 17.3 Å². The molecule has 1 aromatic rings. The zero-order valence-corrected chi connectivity index (χ0v) is 18.4. The summed E-state index contributed by atoms with van der Waals surface area (Å²) in [5, 5.41) is 27.6. The molecule has 0 unspecified atom stereocenters. The Morgan fingerprint density at radius 3 is 1.48 bits per heavy atom. The molecule has 1 aliphatic heterocycles. The van der Waals surface area contributed by atoms with Crippen molar-refractivity contribution in [1.82, 2.24) is 19.6 Å². The summed E-state index contributed by atoms with van der Waals surface area (Å²) in [6.07, 6.45) is 3.04. The number of aliphatic carboxylic acids is 3. The van der Waals surface area contributed by atoms with Crippen LogP contribution in [0.5, 0.6) is 0 Å². The Hall–Kier alpha value is -3.44. The van der Waals surface area contributed by atoms with E-state index >= 15 is 0 Å². The molecule has 0 radical (unpaired) electrons. The third kappa shape index (κ3) is 10.1. The summed E-state index contributed by atoms with van der Waals surface area (Å²) >= 11 is 0. The second-order valence-electron chi connectivity index (χ2n) is 7.76. The Bertz CT molecular complexity index is 846. The van der Waals surface area contributed by atoms with Crippen molar-refractivity contribution in [3.63, 3.8) is 0 Å². The lowest BCUT2D eigenvalue weighted by molar-refractivity contribution is -0.139. The minimum absolute atomic E-state index is 0.0829. The highest BCUT2D eigenvalue weighted by atomic mass is 16.4. The van der Waals surface area contributed by atoms with Crippen LogP contribution in [0.1, 0.15) is 10.4 Å². The number of benzene rings is 1. The highest BCUT2D eigenvalue weighted by Gasteiger charge is 2.19. The van der Waals surface area contributed by atoms with Crippen molar-refractivity contribution in [1.29, 1.82) is 0 Å². The molecule has 0 saturated carbocycles. The van der Waals surface area contributed by atoms with Gasteiger partial charge in [-0.2, -0.15) is 0 Å². The molecule has 180 valence electrons. The molecule has 0 aliphatic carbocycles. The number of Topliss-reactive ketones (excluding diaryl/α,β-unsaturated/α-hetero) is 1.